The van der Waals surface area contributed by atoms with Gasteiger partial charge in [0.15, 0.2) is 0 Å². The fourth-order valence-corrected chi connectivity index (χ4v) is 3.06. The van der Waals surface area contributed by atoms with Gasteiger partial charge in [-0.15, -0.1) is 0 Å². The molecule has 2 saturated carbocycles. The Hall–Kier alpha value is 0.0249. The van der Waals surface area contributed by atoms with E-state index >= 15 is 0 Å². The highest BCUT2D eigenvalue weighted by Gasteiger charge is 2.48. The molecule has 0 aromatic rings. The van der Waals surface area contributed by atoms with Crippen molar-refractivity contribution < 1.29 is 4.74 Å². The third-order valence-corrected chi connectivity index (χ3v) is 3.57. The van der Waals surface area contributed by atoms with Gasteiger partial charge >= 0.3 is 0 Å². The molecule has 3 unspecified atom stereocenters. The van der Waals surface area contributed by atoms with Crippen molar-refractivity contribution in [1.82, 2.24) is 0 Å². The summed E-state index contributed by atoms with van der Waals surface area (Å²) < 4.78 is 5.82. The third-order valence-electron chi connectivity index (χ3n) is 3.57. The van der Waals surface area contributed by atoms with Crippen molar-refractivity contribution in [3.8, 4) is 0 Å². The predicted octanol–water partition coefficient (Wildman–Crippen LogP) is 1.17. The van der Waals surface area contributed by atoms with Gasteiger partial charge in [0.2, 0.25) is 0 Å². The van der Waals surface area contributed by atoms with E-state index in [9.17, 15) is 0 Å². The molecular formula is C9H17BO. The summed E-state index contributed by atoms with van der Waals surface area (Å²) >= 11 is 0. The van der Waals surface area contributed by atoms with Crippen LogP contribution in [0.2, 0.25) is 0 Å². The van der Waals surface area contributed by atoms with Gasteiger partial charge in [0, 0.05) is 6.51 Å². The Morgan fingerprint density at radius 3 is 2.82 bits per heavy atom. The lowest BCUT2D eigenvalue weighted by molar-refractivity contribution is -0.0483. The average molecular weight is 152 g/mol. The van der Waals surface area contributed by atoms with Gasteiger partial charge in [-0.2, -0.15) is 0 Å². The van der Waals surface area contributed by atoms with Crippen LogP contribution >= 0.6 is 0 Å². The monoisotopic (exact) mass is 152 g/mol. The van der Waals surface area contributed by atoms with Gasteiger partial charge in [-0.25, -0.2) is 0 Å². The quantitative estimate of drug-likeness (QED) is 0.539. The van der Waals surface area contributed by atoms with Crippen molar-refractivity contribution in [1.29, 1.82) is 0 Å². The second-order valence-electron chi connectivity index (χ2n) is 4.33. The minimum atomic E-state index is 0.262. The summed E-state index contributed by atoms with van der Waals surface area (Å²) in [6.45, 7) is 3.19. The van der Waals surface area contributed by atoms with Gasteiger partial charge in [-0.1, -0.05) is 0 Å². The topological polar surface area (TPSA) is 9.23 Å². The SMILES string of the molecule is BCOC1(C)CC2CCC1C2. The summed E-state index contributed by atoms with van der Waals surface area (Å²) in [6.07, 6.45) is 5.65. The number of fused-ring (bicyclic) bond motifs is 2. The van der Waals surface area contributed by atoms with Gasteiger partial charge in [0.25, 0.3) is 0 Å². The van der Waals surface area contributed by atoms with Crippen LogP contribution in [-0.2, 0) is 4.74 Å². The molecule has 62 valence electrons. The molecule has 2 bridgehead atoms. The summed E-state index contributed by atoms with van der Waals surface area (Å²) in [5, 5.41) is 0. The molecular weight excluding hydrogens is 135 g/mol. The lowest BCUT2D eigenvalue weighted by Gasteiger charge is -2.33. The maximum Gasteiger partial charge on any atom is 0.135 e. The van der Waals surface area contributed by atoms with E-state index < -0.39 is 0 Å². The van der Waals surface area contributed by atoms with Crippen LogP contribution in [0, 0.1) is 11.8 Å². The first kappa shape index (κ1) is 7.66. The molecule has 0 aromatic heterocycles. The van der Waals surface area contributed by atoms with E-state index in [2.05, 4.69) is 14.8 Å². The van der Waals surface area contributed by atoms with Crippen molar-refractivity contribution in [2.45, 2.75) is 38.2 Å². The van der Waals surface area contributed by atoms with Crippen molar-refractivity contribution >= 4 is 7.85 Å². The molecule has 0 spiro atoms. The lowest BCUT2D eigenvalue weighted by Crippen LogP contribution is -2.35. The molecule has 11 heavy (non-hydrogen) atoms. The Morgan fingerprint density at radius 1 is 1.55 bits per heavy atom. The van der Waals surface area contributed by atoms with Crippen LogP contribution in [0.4, 0.5) is 0 Å². The minimum absolute atomic E-state index is 0.262. The molecule has 1 nitrogen and oxygen atoms in total. The molecule has 2 fully saturated rings. The van der Waals surface area contributed by atoms with Crippen LogP contribution in [0.1, 0.15) is 32.6 Å². The zero-order valence-electron chi connectivity index (χ0n) is 7.60. The smallest absolute Gasteiger partial charge is 0.135 e. The number of rotatable bonds is 2. The Labute approximate surface area is 69.9 Å². The van der Waals surface area contributed by atoms with Crippen LogP contribution in [0.5, 0.6) is 0 Å². The van der Waals surface area contributed by atoms with E-state index in [4.69, 9.17) is 4.74 Å². The van der Waals surface area contributed by atoms with E-state index in [1.807, 2.05) is 0 Å². The summed E-state index contributed by atoms with van der Waals surface area (Å²) in [6, 6.07) is 0. The molecule has 2 heteroatoms. The number of hydrogen-bond donors (Lipinski definition) is 0. The van der Waals surface area contributed by atoms with Crippen LogP contribution in [0.25, 0.3) is 0 Å². The Morgan fingerprint density at radius 2 is 2.36 bits per heavy atom. The molecule has 0 radical (unpaired) electrons. The van der Waals surface area contributed by atoms with Crippen molar-refractivity contribution in [2.75, 3.05) is 6.51 Å². The molecule has 0 saturated heterocycles. The van der Waals surface area contributed by atoms with E-state index in [-0.39, 0.29) is 5.60 Å². The number of ether oxygens (including phenoxy) is 1. The normalized spacial score (nSPS) is 48.5. The molecule has 0 heterocycles. The molecule has 0 amide bonds. The molecule has 0 aliphatic heterocycles. The second kappa shape index (κ2) is 2.51. The molecule has 0 N–H and O–H groups in total. The highest BCUT2D eigenvalue weighted by Crippen LogP contribution is 2.52. The summed E-state index contributed by atoms with van der Waals surface area (Å²) in [5.74, 6) is 1.88. The summed E-state index contributed by atoms with van der Waals surface area (Å²) in [4.78, 5) is 0. The van der Waals surface area contributed by atoms with Crippen molar-refractivity contribution in [3.63, 3.8) is 0 Å². The summed E-state index contributed by atoms with van der Waals surface area (Å²) in [5.41, 5.74) is 0.262. The van der Waals surface area contributed by atoms with Crippen LogP contribution in [0.3, 0.4) is 0 Å². The van der Waals surface area contributed by atoms with Gasteiger partial charge in [-0.3, -0.25) is 0 Å². The minimum Gasteiger partial charge on any atom is -0.384 e. The molecule has 3 atom stereocenters. The molecule has 2 aliphatic carbocycles. The molecule has 2 aliphatic rings. The zero-order valence-corrected chi connectivity index (χ0v) is 7.60. The first-order valence-corrected chi connectivity index (χ1v) is 4.88. The first-order valence-electron chi connectivity index (χ1n) is 4.88. The first-order chi connectivity index (χ1) is 5.24. The highest BCUT2D eigenvalue weighted by atomic mass is 16.5. The predicted molar refractivity (Wildman–Crippen MR) is 48.3 cm³/mol. The van der Waals surface area contributed by atoms with Crippen LogP contribution < -0.4 is 0 Å². The van der Waals surface area contributed by atoms with E-state index in [0.717, 1.165) is 18.3 Å². The lowest BCUT2D eigenvalue weighted by atomic mass is 9.85. The summed E-state index contributed by atoms with van der Waals surface area (Å²) in [7, 11) is 2.11. The molecule has 2 rings (SSSR count). The van der Waals surface area contributed by atoms with Gasteiger partial charge in [0.05, 0.1) is 5.60 Å². The van der Waals surface area contributed by atoms with E-state index in [0.29, 0.717) is 0 Å². The Kier molecular flexibility index (Phi) is 1.75. The number of hydrogen-bond acceptors (Lipinski definition) is 1. The highest BCUT2D eigenvalue weighted by molar-refractivity contribution is 6.08. The zero-order chi connectivity index (χ0) is 7.90. The second-order valence-corrected chi connectivity index (χ2v) is 4.33. The van der Waals surface area contributed by atoms with Crippen LogP contribution in [-0.4, -0.2) is 20.0 Å². The van der Waals surface area contributed by atoms with Gasteiger partial charge < -0.3 is 4.74 Å². The average Bonchev–Trinajstić information content (AvgIpc) is 2.45. The Balaban J connectivity index is 2.04. The van der Waals surface area contributed by atoms with E-state index in [1.54, 1.807) is 0 Å². The maximum absolute atomic E-state index is 5.82. The van der Waals surface area contributed by atoms with Gasteiger partial charge in [0.1, 0.15) is 7.85 Å². The molecule has 0 aromatic carbocycles. The van der Waals surface area contributed by atoms with E-state index in [1.165, 1.54) is 25.7 Å². The van der Waals surface area contributed by atoms with Crippen LogP contribution in [0.15, 0.2) is 0 Å². The van der Waals surface area contributed by atoms with Crippen molar-refractivity contribution in [2.24, 2.45) is 11.8 Å². The van der Waals surface area contributed by atoms with Crippen molar-refractivity contribution in [3.05, 3.63) is 0 Å². The fraction of sp³-hybridized carbons (Fsp3) is 1.00. The third kappa shape index (κ3) is 1.12. The largest absolute Gasteiger partial charge is 0.384 e. The standard InChI is InChI=1S/C9H17BO/c1-9(11-6-10)5-7-2-3-8(9)4-7/h7-8H,2-6,10H2,1H3. The fourth-order valence-electron chi connectivity index (χ4n) is 3.06. The van der Waals surface area contributed by atoms with Gasteiger partial charge in [-0.05, 0) is 44.4 Å². The Bertz CT molecular complexity index is 160. The maximum atomic E-state index is 5.82.